The molecule has 2 aromatic carbocycles. The molecule has 0 unspecified atom stereocenters. The van der Waals surface area contributed by atoms with Crippen LogP contribution in [0.25, 0.3) is 5.70 Å². The van der Waals surface area contributed by atoms with Crippen molar-refractivity contribution in [3.05, 3.63) is 71.3 Å². The number of aliphatic imine (C=N–C) groups is 2. The number of benzene rings is 2. The smallest absolute Gasteiger partial charge is 0.156 e. The molecular weight excluding hydrogens is 318 g/mol. The molecule has 1 aliphatic heterocycles. The lowest BCUT2D eigenvalue weighted by molar-refractivity contribution is 0.585. The third-order valence-electron chi connectivity index (χ3n) is 3.38. The Labute approximate surface area is 147 Å². The highest BCUT2D eigenvalue weighted by molar-refractivity contribution is 6.53. The minimum Gasteiger partial charge on any atom is -0.338 e. The van der Waals surface area contributed by atoms with Gasteiger partial charge in [-0.3, -0.25) is 4.99 Å². The maximum Gasteiger partial charge on any atom is 0.156 e. The molecule has 0 fully saturated rings. The fourth-order valence-corrected chi connectivity index (χ4v) is 2.50. The summed E-state index contributed by atoms with van der Waals surface area (Å²) in [5.41, 5.74) is 3.60. The predicted molar refractivity (Wildman–Crippen MR) is 104 cm³/mol. The number of amidine groups is 1. The van der Waals surface area contributed by atoms with Crippen LogP contribution in [0, 0.1) is 0 Å². The molecule has 0 saturated heterocycles. The van der Waals surface area contributed by atoms with E-state index in [1.54, 1.807) is 0 Å². The molecule has 1 heterocycles. The molecule has 1 aliphatic rings. The van der Waals surface area contributed by atoms with E-state index >= 15 is 0 Å². The summed E-state index contributed by atoms with van der Waals surface area (Å²) in [6.45, 7) is 6.23. The van der Waals surface area contributed by atoms with Gasteiger partial charge in [-0.1, -0.05) is 41.9 Å². The molecule has 0 saturated carbocycles. The molecule has 24 heavy (non-hydrogen) atoms. The Morgan fingerprint density at radius 3 is 2.25 bits per heavy atom. The van der Waals surface area contributed by atoms with Crippen molar-refractivity contribution in [1.82, 2.24) is 0 Å². The Bertz CT molecular complexity index is 810. The van der Waals surface area contributed by atoms with Gasteiger partial charge < -0.3 is 5.32 Å². The van der Waals surface area contributed by atoms with Crippen LogP contribution in [0.1, 0.15) is 26.3 Å². The predicted octanol–water partition coefficient (Wildman–Crippen LogP) is 5.44. The van der Waals surface area contributed by atoms with E-state index in [4.69, 9.17) is 21.6 Å². The average molecular weight is 338 g/mol. The van der Waals surface area contributed by atoms with E-state index in [1.807, 2.05) is 48.5 Å². The molecule has 0 bridgehead atoms. The van der Waals surface area contributed by atoms with Gasteiger partial charge in [-0.15, -0.1) is 0 Å². The van der Waals surface area contributed by atoms with Crippen LogP contribution in [0.15, 0.2) is 70.7 Å². The molecule has 0 spiro atoms. The molecule has 3 rings (SSSR count). The van der Waals surface area contributed by atoms with Gasteiger partial charge in [-0.05, 0) is 51.1 Å². The van der Waals surface area contributed by atoms with Crippen LogP contribution in [0.5, 0.6) is 0 Å². The zero-order valence-corrected chi connectivity index (χ0v) is 14.8. The fraction of sp³-hybridized carbons (Fsp3) is 0.200. The van der Waals surface area contributed by atoms with Gasteiger partial charge in [0.05, 0.1) is 11.2 Å². The first-order valence-electron chi connectivity index (χ1n) is 7.89. The standard InChI is InChI=1S/C20H20ClN3/c1-20(2,3)24-18-13-17(14-7-5-4-6-8-14)23-19(18)22-16-11-9-15(21)10-12-16/h4-13H,1-3H3,(H,22,23,24). The minimum absolute atomic E-state index is 0.180. The second kappa shape index (κ2) is 6.62. The quantitative estimate of drug-likeness (QED) is 0.777. The molecule has 0 amide bonds. The molecule has 2 aromatic rings. The summed E-state index contributed by atoms with van der Waals surface area (Å²) < 4.78 is 0. The number of rotatable bonds is 2. The monoisotopic (exact) mass is 337 g/mol. The van der Waals surface area contributed by atoms with Crippen LogP contribution < -0.4 is 5.32 Å². The Balaban J connectivity index is 1.95. The second-order valence-electron chi connectivity index (χ2n) is 6.66. The zero-order chi connectivity index (χ0) is 17.2. The van der Waals surface area contributed by atoms with Gasteiger partial charge in [0.1, 0.15) is 5.71 Å². The third kappa shape index (κ3) is 4.12. The van der Waals surface area contributed by atoms with Crippen molar-refractivity contribution in [2.45, 2.75) is 26.3 Å². The van der Waals surface area contributed by atoms with Gasteiger partial charge in [0.2, 0.25) is 0 Å². The Hall–Kier alpha value is -2.39. The summed E-state index contributed by atoms with van der Waals surface area (Å²) >= 11 is 5.96. The van der Waals surface area contributed by atoms with E-state index in [-0.39, 0.29) is 5.54 Å². The second-order valence-corrected chi connectivity index (χ2v) is 7.09. The molecule has 4 heteroatoms. The van der Waals surface area contributed by atoms with E-state index < -0.39 is 0 Å². The molecule has 0 aromatic heterocycles. The van der Waals surface area contributed by atoms with Crippen molar-refractivity contribution in [3.63, 3.8) is 0 Å². The van der Waals surface area contributed by atoms with Crippen molar-refractivity contribution < 1.29 is 0 Å². The zero-order valence-electron chi connectivity index (χ0n) is 14.0. The lowest BCUT2D eigenvalue weighted by Gasteiger charge is -2.14. The van der Waals surface area contributed by atoms with Crippen molar-refractivity contribution in [2.24, 2.45) is 9.98 Å². The molecule has 0 atom stereocenters. The molecule has 1 N–H and O–H groups in total. The molecule has 0 aliphatic carbocycles. The van der Waals surface area contributed by atoms with E-state index in [0.717, 1.165) is 28.5 Å². The van der Waals surface area contributed by atoms with Crippen molar-refractivity contribution in [3.8, 4) is 0 Å². The van der Waals surface area contributed by atoms with Crippen LogP contribution in [-0.2, 0) is 0 Å². The topological polar surface area (TPSA) is 36.8 Å². The summed E-state index contributed by atoms with van der Waals surface area (Å²) in [4.78, 5) is 9.54. The SMILES string of the molecule is CC(C)(C)N=C1C=C(c2ccccc2)N=C1Nc1ccc(Cl)cc1. The lowest BCUT2D eigenvalue weighted by atomic mass is 10.1. The average Bonchev–Trinajstić information content (AvgIpc) is 2.91. The Kier molecular flexibility index (Phi) is 4.54. The fourth-order valence-electron chi connectivity index (χ4n) is 2.37. The van der Waals surface area contributed by atoms with Crippen LogP contribution >= 0.6 is 11.6 Å². The maximum absolute atomic E-state index is 5.96. The van der Waals surface area contributed by atoms with Crippen molar-refractivity contribution in [2.75, 3.05) is 5.32 Å². The van der Waals surface area contributed by atoms with Crippen molar-refractivity contribution >= 4 is 34.5 Å². The largest absolute Gasteiger partial charge is 0.338 e. The van der Waals surface area contributed by atoms with E-state index in [0.29, 0.717) is 5.02 Å². The third-order valence-corrected chi connectivity index (χ3v) is 3.63. The van der Waals surface area contributed by atoms with Crippen LogP contribution in [0.3, 0.4) is 0 Å². The Morgan fingerprint density at radius 2 is 1.62 bits per heavy atom. The first-order chi connectivity index (χ1) is 11.4. The molecule has 0 radical (unpaired) electrons. The highest BCUT2D eigenvalue weighted by Gasteiger charge is 2.20. The number of hydrogen-bond donors (Lipinski definition) is 1. The molecule has 122 valence electrons. The number of nitrogens with one attached hydrogen (secondary N) is 1. The summed E-state index contributed by atoms with van der Waals surface area (Å²) in [6.07, 6.45) is 2.03. The summed E-state index contributed by atoms with van der Waals surface area (Å²) in [5, 5.41) is 4.06. The van der Waals surface area contributed by atoms with Crippen LogP contribution in [0.2, 0.25) is 5.02 Å². The maximum atomic E-state index is 5.96. The van der Waals surface area contributed by atoms with Gasteiger partial charge in [-0.25, -0.2) is 4.99 Å². The summed E-state index contributed by atoms with van der Waals surface area (Å²) in [7, 11) is 0. The van der Waals surface area contributed by atoms with E-state index in [1.165, 1.54) is 0 Å². The van der Waals surface area contributed by atoms with Gasteiger partial charge in [0.15, 0.2) is 5.84 Å². The normalized spacial score (nSPS) is 16.1. The first kappa shape index (κ1) is 16.5. The van der Waals surface area contributed by atoms with Gasteiger partial charge in [0.25, 0.3) is 0 Å². The van der Waals surface area contributed by atoms with E-state index in [9.17, 15) is 0 Å². The minimum atomic E-state index is -0.180. The van der Waals surface area contributed by atoms with Gasteiger partial charge >= 0.3 is 0 Å². The summed E-state index contributed by atoms with van der Waals surface area (Å²) in [5.74, 6) is 0.756. The highest BCUT2D eigenvalue weighted by atomic mass is 35.5. The lowest BCUT2D eigenvalue weighted by Crippen LogP contribution is -2.23. The van der Waals surface area contributed by atoms with E-state index in [2.05, 4.69) is 38.2 Å². The van der Waals surface area contributed by atoms with Crippen LogP contribution in [0.4, 0.5) is 5.69 Å². The Morgan fingerprint density at radius 1 is 0.958 bits per heavy atom. The molecule has 3 nitrogen and oxygen atoms in total. The first-order valence-corrected chi connectivity index (χ1v) is 8.27. The number of anilines is 1. The number of nitrogens with zero attached hydrogens (tertiary/aromatic N) is 2. The molecular formula is C20H20ClN3. The van der Waals surface area contributed by atoms with Crippen LogP contribution in [-0.4, -0.2) is 17.1 Å². The highest BCUT2D eigenvalue weighted by Crippen LogP contribution is 2.24. The number of halogens is 1. The van der Waals surface area contributed by atoms with Gasteiger partial charge in [0, 0.05) is 16.3 Å². The summed E-state index contributed by atoms with van der Waals surface area (Å²) in [6, 6.07) is 17.7. The number of hydrogen-bond acceptors (Lipinski definition) is 3. The van der Waals surface area contributed by atoms with Gasteiger partial charge in [-0.2, -0.15) is 0 Å². The van der Waals surface area contributed by atoms with Crippen molar-refractivity contribution in [1.29, 1.82) is 0 Å².